The Balaban J connectivity index is 1.53. The molecule has 1 aromatic carbocycles. The Morgan fingerprint density at radius 2 is 1.67 bits per heavy atom. The van der Waals surface area contributed by atoms with E-state index < -0.39 is 5.54 Å². The third-order valence-corrected chi connectivity index (χ3v) is 10.9. The number of halogens is 2. The number of ether oxygens (including phenoxy) is 1. The Morgan fingerprint density at radius 1 is 0.980 bits per heavy atom. The average molecular weight is 737 g/mol. The zero-order valence-corrected chi connectivity index (χ0v) is 32.8. The molecule has 2 fully saturated rings. The Hall–Kier alpha value is -3.36. The molecule has 10 heteroatoms. The first-order chi connectivity index (χ1) is 24.2. The van der Waals surface area contributed by atoms with E-state index in [1.807, 2.05) is 65.4 Å². The molecule has 3 aliphatic rings. The minimum Gasteiger partial charge on any atom is -0.493 e. The van der Waals surface area contributed by atoms with Gasteiger partial charge in [0.1, 0.15) is 11.6 Å². The second kappa shape index (κ2) is 17.0. The minimum absolute atomic E-state index is 0.0491. The van der Waals surface area contributed by atoms with Crippen LogP contribution in [0.25, 0.3) is 0 Å². The summed E-state index contributed by atoms with van der Waals surface area (Å²) >= 11 is 12.6. The molecule has 2 aromatic rings. The number of amides is 3. The van der Waals surface area contributed by atoms with Crippen molar-refractivity contribution in [1.29, 1.82) is 0 Å². The Labute approximate surface area is 314 Å². The van der Waals surface area contributed by atoms with Gasteiger partial charge in [0.05, 0.1) is 24.3 Å². The third kappa shape index (κ3) is 10.2. The quantitative estimate of drug-likeness (QED) is 0.190. The van der Waals surface area contributed by atoms with Crippen LogP contribution in [0.5, 0.6) is 5.75 Å². The van der Waals surface area contributed by atoms with Crippen LogP contribution >= 0.6 is 23.2 Å². The number of benzene rings is 1. The van der Waals surface area contributed by atoms with E-state index in [2.05, 4.69) is 40.7 Å². The summed E-state index contributed by atoms with van der Waals surface area (Å²) in [6.45, 7) is 16.1. The van der Waals surface area contributed by atoms with Crippen molar-refractivity contribution in [3.63, 3.8) is 0 Å². The molecule has 276 valence electrons. The predicted octanol–water partition coefficient (Wildman–Crippen LogP) is 9.39. The Bertz CT molecular complexity index is 1610. The number of rotatable bonds is 9. The number of carbonyl (C=O) groups excluding carboxylic acids is 2. The van der Waals surface area contributed by atoms with Crippen molar-refractivity contribution < 1.29 is 14.3 Å². The van der Waals surface area contributed by atoms with E-state index in [0.29, 0.717) is 53.3 Å². The molecule has 3 amide bonds. The number of allylic oxidation sites excluding steroid dienone is 3. The lowest BCUT2D eigenvalue weighted by atomic mass is 9.83. The maximum atomic E-state index is 14.9. The predicted molar refractivity (Wildman–Crippen MR) is 208 cm³/mol. The smallest absolute Gasteiger partial charge is 0.325 e. The van der Waals surface area contributed by atoms with E-state index in [4.69, 9.17) is 37.9 Å². The van der Waals surface area contributed by atoms with Crippen LogP contribution < -0.4 is 4.74 Å². The van der Waals surface area contributed by atoms with Gasteiger partial charge in [0.2, 0.25) is 5.91 Å². The first kappa shape index (κ1) is 38.9. The monoisotopic (exact) mass is 735 g/mol. The Kier molecular flexibility index (Phi) is 12.9. The average Bonchev–Trinajstić information content (AvgIpc) is 3.11. The normalized spacial score (nSPS) is 19.2. The van der Waals surface area contributed by atoms with E-state index in [0.717, 1.165) is 56.5 Å². The highest BCUT2D eigenvalue weighted by atomic mass is 35.5. The van der Waals surface area contributed by atoms with Crippen molar-refractivity contribution in [2.45, 2.75) is 104 Å². The van der Waals surface area contributed by atoms with E-state index >= 15 is 0 Å². The standard InChI is InChI=1S/C41H55Cl2N5O3/c1-7-51-35-26-36(40(2,3)4)44-27-34(35)38(45-41(5,6)31-13-17-33(43)18-14-31)48(28-30-11-15-32(42)16-12-30)39(50)47-23-19-29(20-24-47)25-37(49)46-21-9-8-10-22-46/h11-13,15-18,26-27,29,31H,7-10,14,19-25,28H2,1-6H3/b45-38-. The molecule has 1 aromatic heterocycles. The molecule has 0 N–H and O–H groups in total. The number of likely N-dealkylation sites (tertiary alicyclic amines) is 2. The molecular formula is C41H55Cl2N5O3. The van der Waals surface area contributed by atoms with Gasteiger partial charge in [0.25, 0.3) is 0 Å². The summed E-state index contributed by atoms with van der Waals surface area (Å²) < 4.78 is 6.30. The molecule has 2 aliphatic heterocycles. The largest absolute Gasteiger partial charge is 0.493 e. The van der Waals surface area contributed by atoms with Crippen LogP contribution in [0, 0.1) is 11.8 Å². The first-order valence-electron chi connectivity index (χ1n) is 18.6. The van der Waals surface area contributed by atoms with Crippen LogP contribution in [-0.4, -0.2) is 75.8 Å². The van der Waals surface area contributed by atoms with Gasteiger partial charge in [-0.2, -0.15) is 0 Å². The van der Waals surface area contributed by atoms with Gasteiger partial charge in [-0.25, -0.2) is 4.79 Å². The van der Waals surface area contributed by atoms with E-state index in [1.165, 1.54) is 6.42 Å². The van der Waals surface area contributed by atoms with Gasteiger partial charge in [0.15, 0.2) is 0 Å². The van der Waals surface area contributed by atoms with Gasteiger partial charge in [0, 0.05) is 71.9 Å². The molecule has 3 heterocycles. The number of hydrogen-bond donors (Lipinski definition) is 0. The van der Waals surface area contributed by atoms with Crippen LogP contribution in [0.1, 0.15) is 103 Å². The number of carbonyl (C=O) groups is 2. The van der Waals surface area contributed by atoms with Crippen molar-refractivity contribution in [2.24, 2.45) is 16.8 Å². The van der Waals surface area contributed by atoms with Crippen LogP contribution in [0.15, 0.2) is 64.8 Å². The van der Waals surface area contributed by atoms with Crippen LogP contribution in [0.4, 0.5) is 4.79 Å². The minimum atomic E-state index is -0.619. The molecule has 1 unspecified atom stereocenters. The zero-order valence-electron chi connectivity index (χ0n) is 31.3. The molecule has 1 aliphatic carbocycles. The molecule has 5 rings (SSSR count). The molecule has 1 atom stereocenters. The number of aromatic nitrogens is 1. The first-order valence-corrected chi connectivity index (χ1v) is 19.4. The summed E-state index contributed by atoms with van der Waals surface area (Å²) in [5.41, 5.74) is 1.64. The fourth-order valence-corrected chi connectivity index (χ4v) is 7.34. The number of urea groups is 1. The van der Waals surface area contributed by atoms with Gasteiger partial charge >= 0.3 is 6.03 Å². The summed E-state index contributed by atoms with van der Waals surface area (Å²) in [6, 6.07) is 9.44. The highest BCUT2D eigenvalue weighted by Crippen LogP contribution is 2.35. The lowest BCUT2D eigenvalue weighted by molar-refractivity contribution is -0.133. The number of piperidine rings is 2. The van der Waals surface area contributed by atoms with Gasteiger partial charge in [-0.1, -0.05) is 68.3 Å². The molecule has 51 heavy (non-hydrogen) atoms. The molecule has 0 saturated carbocycles. The summed E-state index contributed by atoms with van der Waals surface area (Å²) in [7, 11) is 0. The van der Waals surface area contributed by atoms with Crippen LogP contribution in [0.3, 0.4) is 0 Å². The SMILES string of the molecule is CCOc1cc(C(C)(C)C)ncc1/C(=N/C(C)(C)C1C=CC(Cl)=CC1)N(Cc1ccc(Cl)cc1)C(=O)N1CCC(CC(=O)N2CCCCC2)CC1. The van der Waals surface area contributed by atoms with Crippen LogP contribution in [-0.2, 0) is 16.8 Å². The third-order valence-electron chi connectivity index (χ3n) is 10.3. The number of amidine groups is 1. The second-order valence-electron chi connectivity index (χ2n) is 15.7. The van der Waals surface area contributed by atoms with E-state index in [-0.39, 0.29) is 35.7 Å². The lowest BCUT2D eigenvalue weighted by Gasteiger charge is -2.38. The van der Waals surface area contributed by atoms with Gasteiger partial charge < -0.3 is 14.5 Å². The highest BCUT2D eigenvalue weighted by Gasteiger charge is 2.36. The highest BCUT2D eigenvalue weighted by molar-refractivity contribution is 6.31. The van der Waals surface area contributed by atoms with Gasteiger partial charge in [-0.15, -0.1) is 0 Å². The molecule has 2 saturated heterocycles. The number of nitrogens with zero attached hydrogens (tertiary/aromatic N) is 5. The molecule has 8 nitrogen and oxygen atoms in total. The molecule has 0 bridgehead atoms. The summed E-state index contributed by atoms with van der Waals surface area (Å²) in [4.78, 5) is 44.1. The maximum Gasteiger partial charge on any atom is 0.325 e. The van der Waals surface area contributed by atoms with Crippen molar-refractivity contribution in [2.75, 3.05) is 32.8 Å². The Morgan fingerprint density at radius 3 is 2.27 bits per heavy atom. The fourth-order valence-electron chi connectivity index (χ4n) is 7.05. The number of aliphatic imine (C=N–C) groups is 1. The van der Waals surface area contributed by atoms with Crippen molar-refractivity contribution in [3.8, 4) is 5.75 Å². The van der Waals surface area contributed by atoms with Crippen molar-refractivity contribution in [1.82, 2.24) is 19.7 Å². The molecule has 0 spiro atoms. The maximum absolute atomic E-state index is 14.9. The van der Waals surface area contributed by atoms with Crippen molar-refractivity contribution >= 4 is 41.0 Å². The van der Waals surface area contributed by atoms with Gasteiger partial charge in [-0.3, -0.25) is 19.7 Å². The number of hydrogen-bond acceptors (Lipinski definition) is 5. The molecular weight excluding hydrogens is 681 g/mol. The lowest BCUT2D eigenvalue weighted by Crippen LogP contribution is -2.50. The topological polar surface area (TPSA) is 78.3 Å². The summed E-state index contributed by atoms with van der Waals surface area (Å²) in [5.74, 6) is 1.71. The fraction of sp³-hybridized carbons (Fsp3) is 0.561. The van der Waals surface area contributed by atoms with E-state index in [9.17, 15) is 9.59 Å². The summed E-state index contributed by atoms with van der Waals surface area (Å²) in [6.07, 6.45) is 14.1. The summed E-state index contributed by atoms with van der Waals surface area (Å²) in [5, 5.41) is 1.34. The van der Waals surface area contributed by atoms with Crippen LogP contribution in [0.2, 0.25) is 5.02 Å². The van der Waals surface area contributed by atoms with Gasteiger partial charge in [-0.05, 0) is 89.0 Å². The van der Waals surface area contributed by atoms with E-state index in [1.54, 1.807) is 4.90 Å². The zero-order chi connectivity index (χ0) is 36.8. The molecule has 0 radical (unpaired) electrons. The second-order valence-corrected chi connectivity index (χ2v) is 16.6. The van der Waals surface area contributed by atoms with Crippen molar-refractivity contribution in [3.05, 3.63) is 81.6 Å². The number of pyridine rings is 1.